The number of thiocarbonyl (C=S) groups is 1. The van der Waals surface area contributed by atoms with Gasteiger partial charge in [0.25, 0.3) is 5.91 Å². The maximum absolute atomic E-state index is 11.8. The summed E-state index contributed by atoms with van der Waals surface area (Å²) in [6.45, 7) is 7.04. The zero-order valence-electron chi connectivity index (χ0n) is 16.4. The van der Waals surface area contributed by atoms with Gasteiger partial charge < -0.3 is 14.8 Å². The average molecular weight is 414 g/mol. The molecule has 1 saturated heterocycles. The molecule has 0 radical (unpaired) electrons. The number of carbonyl (C=O) groups is 1. The lowest BCUT2D eigenvalue weighted by atomic mass is 9.87. The van der Waals surface area contributed by atoms with Gasteiger partial charge in [-0.25, -0.2) is 0 Å². The minimum atomic E-state index is -0.173. The highest BCUT2D eigenvalue weighted by atomic mass is 32.2. The van der Waals surface area contributed by atoms with Gasteiger partial charge in [0.05, 0.1) is 12.0 Å². The molecule has 2 aromatic rings. The lowest BCUT2D eigenvalue weighted by Crippen LogP contribution is -2.17. The minimum Gasteiger partial charge on any atom is -0.493 e. The molecule has 0 aromatic heterocycles. The first-order valence-electron chi connectivity index (χ1n) is 8.91. The summed E-state index contributed by atoms with van der Waals surface area (Å²) in [5.74, 6) is 1.10. The first-order chi connectivity index (χ1) is 13.3. The maximum Gasteiger partial charge on any atom is 0.263 e. The van der Waals surface area contributed by atoms with Crippen LogP contribution in [-0.4, -0.2) is 17.3 Å². The van der Waals surface area contributed by atoms with E-state index in [0.29, 0.717) is 27.3 Å². The third kappa shape index (κ3) is 4.94. The van der Waals surface area contributed by atoms with Crippen molar-refractivity contribution in [1.29, 1.82) is 0 Å². The van der Waals surface area contributed by atoms with Gasteiger partial charge in [-0.2, -0.15) is 0 Å². The third-order valence-electron chi connectivity index (χ3n) is 4.34. The summed E-state index contributed by atoms with van der Waals surface area (Å²) in [5.41, 5.74) is 3.36. The van der Waals surface area contributed by atoms with E-state index in [-0.39, 0.29) is 11.3 Å². The Bertz CT molecular complexity index is 928. The van der Waals surface area contributed by atoms with E-state index in [9.17, 15) is 4.79 Å². The summed E-state index contributed by atoms with van der Waals surface area (Å²) in [6.07, 6.45) is 1.79. The smallest absolute Gasteiger partial charge is 0.263 e. The molecular weight excluding hydrogens is 390 g/mol. The van der Waals surface area contributed by atoms with Crippen molar-refractivity contribution in [1.82, 2.24) is 5.32 Å². The number of carbonyl (C=O) groups excluding carboxylic acids is 1. The van der Waals surface area contributed by atoms with E-state index >= 15 is 0 Å². The highest BCUT2D eigenvalue weighted by Crippen LogP contribution is 2.32. The second kappa shape index (κ2) is 8.37. The van der Waals surface area contributed by atoms with Crippen molar-refractivity contribution in [2.24, 2.45) is 0 Å². The van der Waals surface area contributed by atoms with Crippen LogP contribution >= 0.6 is 24.0 Å². The molecule has 3 rings (SSSR count). The van der Waals surface area contributed by atoms with Gasteiger partial charge in [0.1, 0.15) is 10.9 Å². The summed E-state index contributed by atoms with van der Waals surface area (Å²) < 4.78 is 11.9. The van der Waals surface area contributed by atoms with Crippen LogP contribution in [0.5, 0.6) is 11.5 Å². The van der Waals surface area contributed by atoms with Crippen LogP contribution in [0.1, 0.15) is 37.5 Å². The number of rotatable bonds is 5. The lowest BCUT2D eigenvalue weighted by molar-refractivity contribution is -0.115. The minimum absolute atomic E-state index is 0.130. The van der Waals surface area contributed by atoms with Crippen LogP contribution in [0.4, 0.5) is 0 Å². The molecule has 0 unspecified atom stereocenters. The molecule has 1 amide bonds. The standard InChI is InChI=1S/C22H23NO3S2/c1-22(2,3)16-8-5-14(6-9-16)13-26-17-10-7-15(11-18(17)25-4)12-19-20(24)23-21(27)28-19/h5-12H,13H2,1-4H3,(H,23,24,27)/b19-12+. The Morgan fingerprint density at radius 1 is 1.11 bits per heavy atom. The Labute approximate surface area is 175 Å². The van der Waals surface area contributed by atoms with Crippen LogP contribution in [0.15, 0.2) is 47.4 Å². The zero-order valence-corrected chi connectivity index (χ0v) is 18.0. The molecule has 6 heteroatoms. The summed E-state index contributed by atoms with van der Waals surface area (Å²) in [7, 11) is 1.60. The van der Waals surface area contributed by atoms with Crippen molar-refractivity contribution in [2.45, 2.75) is 32.8 Å². The van der Waals surface area contributed by atoms with Crippen LogP contribution in [0.25, 0.3) is 6.08 Å². The number of benzene rings is 2. The number of hydrogen-bond donors (Lipinski definition) is 1. The van der Waals surface area contributed by atoms with E-state index < -0.39 is 0 Å². The van der Waals surface area contributed by atoms with Crippen molar-refractivity contribution in [2.75, 3.05) is 7.11 Å². The van der Waals surface area contributed by atoms with E-state index in [2.05, 4.69) is 50.4 Å². The van der Waals surface area contributed by atoms with E-state index in [0.717, 1.165) is 11.1 Å². The Morgan fingerprint density at radius 3 is 2.39 bits per heavy atom. The molecule has 1 heterocycles. The molecule has 0 aliphatic carbocycles. The average Bonchev–Trinajstić information content (AvgIpc) is 2.97. The predicted molar refractivity (Wildman–Crippen MR) is 119 cm³/mol. The molecular formula is C22H23NO3S2. The Kier molecular flexibility index (Phi) is 6.10. The second-order valence-corrected chi connectivity index (χ2v) is 9.22. The number of hydrogen-bond acceptors (Lipinski definition) is 5. The summed E-state index contributed by atoms with van der Waals surface area (Å²) >= 11 is 6.27. The van der Waals surface area contributed by atoms with Gasteiger partial charge in [-0.1, -0.05) is 75.1 Å². The predicted octanol–water partition coefficient (Wildman–Crippen LogP) is 5.06. The quantitative estimate of drug-likeness (QED) is 0.548. The van der Waals surface area contributed by atoms with Crippen LogP contribution in [0, 0.1) is 0 Å². The largest absolute Gasteiger partial charge is 0.493 e. The Morgan fingerprint density at radius 2 is 1.82 bits per heavy atom. The van der Waals surface area contributed by atoms with Gasteiger partial charge in [-0.15, -0.1) is 0 Å². The number of nitrogens with one attached hydrogen (secondary N) is 1. The molecule has 1 aliphatic rings. The van der Waals surface area contributed by atoms with Crippen molar-refractivity contribution < 1.29 is 14.3 Å². The van der Waals surface area contributed by atoms with Crippen molar-refractivity contribution in [3.63, 3.8) is 0 Å². The summed E-state index contributed by atoms with van der Waals surface area (Å²) in [6, 6.07) is 14.0. The van der Waals surface area contributed by atoms with Crippen LogP contribution < -0.4 is 14.8 Å². The Balaban J connectivity index is 1.72. The van der Waals surface area contributed by atoms with Crippen molar-refractivity contribution in [3.8, 4) is 11.5 Å². The molecule has 1 N–H and O–H groups in total. The van der Waals surface area contributed by atoms with E-state index in [4.69, 9.17) is 21.7 Å². The molecule has 2 aromatic carbocycles. The SMILES string of the molecule is COc1cc(/C=C2/SC(=S)NC2=O)ccc1OCc1ccc(C(C)(C)C)cc1. The van der Waals surface area contributed by atoms with E-state index in [1.807, 2.05) is 18.2 Å². The topological polar surface area (TPSA) is 47.6 Å². The molecule has 0 saturated carbocycles. The molecule has 0 atom stereocenters. The Hall–Kier alpha value is -2.31. The molecule has 0 bridgehead atoms. The number of methoxy groups -OCH3 is 1. The van der Waals surface area contributed by atoms with Gasteiger partial charge in [0.15, 0.2) is 11.5 Å². The van der Waals surface area contributed by atoms with Gasteiger partial charge >= 0.3 is 0 Å². The lowest BCUT2D eigenvalue weighted by Gasteiger charge is -2.19. The van der Waals surface area contributed by atoms with Crippen molar-refractivity contribution in [3.05, 3.63) is 64.1 Å². The van der Waals surface area contributed by atoms with Crippen LogP contribution in [0.3, 0.4) is 0 Å². The van der Waals surface area contributed by atoms with Crippen LogP contribution in [0.2, 0.25) is 0 Å². The highest BCUT2D eigenvalue weighted by Gasteiger charge is 2.22. The fourth-order valence-corrected chi connectivity index (χ4v) is 3.77. The first-order valence-corrected chi connectivity index (χ1v) is 10.1. The van der Waals surface area contributed by atoms with E-state index in [1.54, 1.807) is 13.2 Å². The fourth-order valence-electron chi connectivity index (χ4n) is 2.73. The van der Waals surface area contributed by atoms with Gasteiger partial charge in [-0.3, -0.25) is 4.79 Å². The van der Waals surface area contributed by atoms with Crippen molar-refractivity contribution >= 4 is 40.3 Å². The zero-order chi connectivity index (χ0) is 20.3. The molecule has 1 aliphatic heterocycles. The molecule has 1 fully saturated rings. The van der Waals surface area contributed by atoms with Crippen LogP contribution in [-0.2, 0) is 16.8 Å². The van der Waals surface area contributed by atoms with E-state index in [1.165, 1.54) is 17.3 Å². The normalized spacial score (nSPS) is 15.6. The molecule has 0 spiro atoms. The number of amides is 1. The highest BCUT2D eigenvalue weighted by molar-refractivity contribution is 8.26. The summed E-state index contributed by atoms with van der Waals surface area (Å²) in [5, 5.41) is 2.61. The maximum atomic E-state index is 11.8. The molecule has 28 heavy (non-hydrogen) atoms. The second-order valence-electron chi connectivity index (χ2n) is 7.50. The first kappa shape index (κ1) is 20.4. The number of thioether (sulfide) groups is 1. The molecule has 4 nitrogen and oxygen atoms in total. The van der Waals surface area contributed by atoms with Gasteiger partial charge in [-0.05, 0) is 40.3 Å². The van der Waals surface area contributed by atoms with Gasteiger partial charge in [0, 0.05) is 0 Å². The fraction of sp³-hybridized carbons (Fsp3) is 0.273. The monoisotopic (exact) mass is 413 g/mol. The summed E-state index contributed by atoms with van der Waals surface area (Å²) in [4.78, 5) is 12.4. The number of ether oxygens (including phenoxy) is 2. The third-order valence-corrected chi connectivity index (χ3v) is 5.50. The molecule has 146 valence electrons. The van der Waals surface area contributed by atoms with Gasteiger partial charge in [0.2, 0.25) is 0 Å².